The Kier molecular flexibility index (Phi) is 4.60. The van der Waals surface area contributed by atoms with Gasteiger partial charge in [0, 0.05) is 55.3 Å². The van der Waals surface area contributed by atoms with E-state index in [2.05, 4.69) is 42.6 Å². The first-order valence-corrected chi connectivity index (χ1v) is 8.39. The number of benzene rings is 1. The Balaban J connectivity index is 1.66. The standard InChI is InChI=1S/C17H23NO2S/c1-13(16-11-14-5-3-4-6-15(14)21-16)18-12-17(19-2)7-9-20-10-8-17/h3-6,11,13,18H,7-10,12H2,1-2H3. The summed E-state index contributed by atoms with van der Waals surface area (Å²) in [6, 6.07) is 11.2. The van der Waals surface area contributed by atoms with Gasteiger partial charge in [-0.3, -0.25) is 0 Å². The molecule has 0 bridgehead atoms. The molecule has 21 heavy (non-hydrogen) atoms. The van der Waals surface area contributed by atoms with Crippen LogP contribution in [0.3, 0.4) is 0 Å². The summed E-state index contributed by atoms with van der Waals surface area (Å²) in [4.78, 5) is 1.38. The second-order valence-electron chi connectivity index (χ2n) is 5.79. The first-order chi connectivity index (χ1) is 10.2. The van der Waals surface area contributed by atoms with Crippen LogP contribution in [-0.2, 0) is 9.47 Å². The molecule has 114 valence electrons. The van der Waals surface area contributed by atoms with E-state index in [4.69, 9.17) is 9.47 Å². The molecule has 1 atom stereocenters. The van der Waals surface area contributed by atoms with Crippen LogP contribution >= 0.6 is 11.3 Å². The molecule has 1 aromatic heterocycles. The molecule has 1 aliphatic heterocycles. The van der Waals surface area contributed by atoms with Crippen molar-refractivity contribution >= 4 is 21.4 Å². The maximum Gasteiger partial charge on any atom is 0.0846 e. The molecule has 1 aromatic carbocycles. The van der Waals surface area contributed by atoms with Gasteiger partial charge in [-0.25, -0.2) is 0 Å². The normalized spacial score (nSPS) is 19.7. The van der Waals surface area contributed by atoms with Crippen molar-refractivity contribution in [3.05, 3.63) is 35.2 Å². The number of methoxy groups -OCH3 is 1. The Morgan fingerprint density at radius 3 is 2.81 bits per heavy atom. The third-order valence-corrected chi connectivity index (χ3v) is 5.74. The summed E-state index contributed by atoms with van der Waals surface area (Å²) in [7, 11) is 1.82. The van der Waals surface area contributed by atoms with Gasteiger partial charge >= 0.3 is 0 Å². The summed E-state index contributed by atoms with van der Waals surface area (Å²) in [5.74, 6) is 0. The lowest BCUT2D eigenvalue weighted by Gasteiger charge is -2.36. The van der Waals surface area contributed by atoms with Crippen LogP contribution in [0.1, 0.15) is 30.7 Å². The fourth-order valence-electron chi connectivity index (χ4n) is 2.85. The molecule has 3 nitrogen and oxygen atoms in total. The van der Waals surface area contributed by atoms with Crippen molar-refractivity contribution in [2.24, 2.45) is 0 Å². The van der Waals surface area contributed by atoms with Crippen molar-refractivity contribution < 1.29 is 9.47 Å². The Bertz CT molecular complexity index is 556. The number of thiophene rings is 1. The van der Waals surface area contributed by atoms with Gasteiger partial charge in [-0.2, -0.15) is 0 Å². The second-order valence-corrected chi connectivity index (χ2v) is 6.90. The number of ether oxygens (including phenoxy) is 2. The molecule has 0 radical (unpaired) electrons. The predicted octanol–water partition coefficient (Wildman–Crippen LogP) is 3.75. The van der Waals surface area contributed by atoms with Gasteiger partial charge in [0.1, 0.15) is 0 Å². The smallest absolute Gasteiger partial charge is 0.0846 e. The molecule has 1 aliphatic rings. The summed E-state index contributed by atoms with van der Waals surface area (Å²) in [5, 5.41) is 4.98. The lowest BCUT2D eigenvalue weighted by Crippen LogP contribution is -2.47. The topological polar surface area (TPSA) is 30.5 Å². The maximum absolute atomic E-state index is 5.78. The summed E-state index contributed by atoms with van der Waals surface area (Å²) in [5.41, 5.74) is -0.0663. The molecule has 0 saturated carbocycles. The lowest BCUT2D eigenvalue weighted by atomic mass is 9.93. The Morgan fingerprint density at radius 2 is 2.10 bits per heavy atom. The monoisotopic (exact) mass is 305 g/mol. The van der Waals surface area contributed by atoms with Crippen LogP contribution in [0.4, 0.5) is 0 Å². The van der Waals surface area contributed by atoms with Gasteiger partial charge in [0.15, 0.2) is 0 Å². The molecule has 4 heteroatoms. The van der Waals surface area contributed by atoms with Crippen LogP contribution in [0.25, 0.3) is 10.1 Å². The van der Waals surface area contributed by atoms with Crippen molar-refractivity contribution in [1.82, 2.24) is 5.32 Å². The fourth-order valence-corrected chi connectivity index (χ4v) is 3.94. The SMILES string of the molecule is COC1(CNC(C)c2cc3ccccc3s2)CCOCC1. The highest BCUT2D eigenvalue weighted by molar-refractivity contribution is 7.19. The summed E-state index contributed by atoms with van der Waals surface area (Å²) in [6.45, 7) is 4.70. The van der Waals surface area contributed by atoms with Gasteiger partial charge in [-0.1, -0.05) is 18.2 Å². The van der Waals surface area contributed by atoms with Crippen molar-refractivity contribution in [3.8, 4) is 0 Å². The highest BCUT2D eigenvalue weighted by Gasteiger charge is 2.32. The minimum Gasteiger partial charge on any atom is -0.381 e. The third-order valence-electron chi connectivity index (χ3n) is 4.44. The highest BCUT2D eigenvalue weighted by Crippen LogP contribution is 2.30. The first kappa shape index (κ1) is 15.0. The second kappa shape index (κ2) is 6.44. The molecule has 0 amide bonds. The van der Waals surface area contributed by atoms with Crippen LogP contribution in [0, 0.1) is 0 Å². The molecule has 1 fully saturated rings. The summed E-state index contributed by atoms with van der Waals surface area (Å²) in [6.07, 6.45) is 1.94. The van der Waals surface area contributed by atoms with E-state index in [1.165, 1.54) is 15.0 Å². The number of rotatable bonds is 5. The predicted molar refractivity (Wildman–Crippen MR) is 88.0 cm³/mol. The largest absolute Gasteiger partial charge is 0.381 e. The Labute approximate surface area is 130 Å². The maximum atomic E-state index is 5.78. The molecular formula is C17H23NO2S. The average Bonchev–Trinajstić information content (AvgIpc) is 2.97. The van der Waals surface area contributed by atoms with Crippen LogP contribution in [0.15, 0.2) is 30.3 Å². The molecule has 0 aliphatic carbocycles. The number of fused-ring (bicyclic) bond motifs is 1. The van der Waals surface area contributed by atoms with E-state index in [-0.39, 0.29) is 5.60 Å². The summed E-state index contributed by atoms with van der Waals surface area (Å²) < 4.78 is 12.6. The minimum absolute atomic E-state index is 0.0663. The van der Waals surface area contributed by atoms with Gasteiger partial charge in [0.05, 0.1) is 5.60 Å². The average molecular weight is 305 g/mol. The minimum atomic E-state index is -0.0663. The van der Waals surface area contributed by atoms with E-state index >= 15 is 0 Å². The molecule has 2 aromatic rings. The van der Waals surface area contributed by atoms with E-state index < -0.39 is 0 Å². The molecule has 1 N–H and O–H groups in total. The zero-order valence-electron chi connectivity index (χ0n) is 12.7. The molecule has 3 rings (SSSR count). The number of nitrogens with one attached hydrogen (secondary N) is 1. The van der Waals surface area contributed by atoms with Crippen LogP contribution in [0.2, 0.25) is 0 Å². The summed E-state index contributed by atoms with van der Waals surface area (Å²) >= 11 is 1.87. The van der Waals surface area contributed by atoms with E-state index in [9.17, 15) is 0 Å². The van der Waals surface area contributed by atoms with E-state index in [0.717, 1.165) is 32.6 Å². The number of hydrogen-bond acceptors (Lipinski definition) is 4. The van der Waals surface area contributed by atoms with Crippen molar-refractivity contribution in [1.29, 1.82) is 0 Å². The van der Waals surface area contributed by atoms with Gasteiger partial charge in [-0.15, -0.1) is 11.3 Å². The van der Waals surface area contributed by atoms with E-state index in [1.807, 2.05) is 18.4 Å². The molecule has 2 heterocycles. The first-order valence-electron chi connectivity index (χ1n) is 7.57. The van der Waals surface area contributed by atoms with Gasteiger partial charge in [0.25, 0.3) is 0 Å². The zero-order chi connectivity index (χ0) is 14.7. The van der Waals surface area contributed by atoms with Gasteiger partial charge in [-0.05, 0) is 24.4 Å². The van der Waals surface area contributed by atoms with Crippen LogP contribution in [-0.4, -0.2) is 32.5 Å². The van der Waals surface area contributed by atoms with Crippen LogP contribution < -0.4 is 5.32 Å². The molecular weight excluding hydrogens is 282 g/mol. The quantitative estimate of drug-likeness (QED) is 0.912. The molecule has 1 saturated heterocycles. The van der Waals surface area contributed by atoms with E-state index in [0.29, 0.717) is 6.04 Å². The van der Waals surface area contributed by atoms with Crippen molar-refractivity contribution in [3.63, 3.8) is 0 Å². The van der Waals surface area contributed by atoms with Gasteiger partial charge < -0.3 is 14.8 Å². The molecule has 1 unspecified atom stereocenters. The molecule has 0 spiro atoms. The third kappa shape index (κ3) is 3.29. The van der Waals surface area contributed by atoms with Crippen molar-refractivity contribution in [2.45, 2.75) is 31.4 Å². The number of hydrogen-bond donors (Lipinski definition) is 1. The van der Waals surface area contributed by atoms with E-state index in [1.54, 1.807) is 0 Å². The van der Waals surface area contributed by atoms with Crippen molar-refractivity contribution in [2.75, 3.05) is 26.9 Å². The highest BCUT2D eigenvalue weighted by atomic mass is 32.1. The van der Waals surface area contributed by atoms with Crippen LogP contribution in [0.5, 0.6) is 0 Å². The Hall–Kier alpha value is -0.940. The Morgan fingerprint density at radius 1 is 1.33 bits per heavy atom. The zero-order valence-corrected chi connectivity index (χ0v) is 13.5. The lowest BCUT2D eigenvalue weighted by molar-refractivity contribution is -0.0884. The fraction of sp³-hybridized carbons (Fsp3) is 0.529. The van der Waals surface area contributed by atoms with Gasteiger partial charge in [0.2, 0.25) is 0 Å².